The second-order valence-electron chi connectivity index (χ2n) is 6.95. The maximum Gasteiger partial charge on any atom is 0.132 e. The Kier molecular flexibility index (Phi) is 18.4. The lowest BCUT2D eigenvalue weighted by atomic mass is 10.0. The van der Waals surface area contributed by atoms with Crippen molar-refractivity contribution in [3.8, 4) is 0 Å². The van der Waals surface area contributed by atoms with Crippen molar-refractivity contribution < 1.29 is 4.79 Å². The number of hydrogen-bond donors (Lipinski definition) is 0. The molecule has 0 heterocycles. The van der Waals surface area contributed by atoms with Gasteiger partial charge >= 0.3 is 0 Å². The molecule has 0 aromatic heterocycles. The van der Waals surface area contributed by atoms with E-state index in [1.54, 1.807) is 0 Å². The number of Topliss-reactive ketones (excluding diaryl/α,β-unsaturated/α-hetero) is 1. The van der Waals surface area contributed by atoms with Crippen molar-refractivity contribution >= 4 is 5.78 Å². The van der Waals surface area contributed by atoms with Crippen molar-refractivity contribution in [2.24, 2.45) is 0 Å². The first-order valence-electron chi connectivity index (χ1n) is 10.3. The second-order valence-corrected chi connectivity index (χ2v) is 6.95. The first-order chi connectivity index (χ1) is 10.8. The maximum absolute atomic E-state index is 11.2. The van der Waals surface area contributed by atoms with E-state index in [1.165, 1.54) is 96.3 Å². The predicted molar refractivity (Wildman–Crippen MR) is 99.5 cm³/mol. The van der Waals surface area contributed by atoms with E-state index in [2.05, 4.69) is 6.92 Å². The molecule has 0 aliphatic rings. The number of carbonyl (C=O) groups is 1. The molecule has 22 heavy (non-hydrogen) atoms. The van der Waals surface area contributed by atoms with Crippen LogP contribution in [0.4, 0.5) is 0 Å². The minimum absolute atomic E-state index is 0.436. The van der Waals surface area contributed by atoms with Gasteiger partial charge in [-0.25, -0.2) is 0 Å². The van der Waals surface area contributed by atoms with E-state index in [0.29, 0.717) is 5.78 Å². The van der Waals surface area contributed by atoms with Gasteiger partial charge in [-0.05, 0) is 6.42 Å². The normalized spacial score (nSPS) is 11.0. The molecular formula is C21H42O. The highest BCUT2D eigenvalue weighted by Gasteiger charge is 1.98. The van der Waals surface area contributed by atoms with Crippen LogP contribution in [0.1, 0.15) is 129 Å². The number of rotatable bonds is 18. The Hall–Kier alpha value is -0.330. The molecular weight excluding hydrogens is 268 g/mol. The van der Waals surface area contributed by atoms with Crippen molar-refractivity contribution in [2.75, 3.05) is 0 Å². The first-order valence-corrected chi connectivity index (χ1v) is 10.3. The molecule has 0 atom stereocenters. The van der Waals surface area contributed by atoms with Gasteiger partial charge < -0.3 is 0 Å². The van der Waals surface area contributed by atoms with E-state index >= 15 is 0 Å². The van der Waals surface area contributed by atoms with E-state index in [4.69, 9.17) is 0 Å². The van der Waals surface area contributed by atoms with E-state index in [9.17, 15) is 4.79 Å². The molecule has 0 aliphatic heterocycles. The van der Waals surface area contributed by atoms with Crippen LogP contribution in [0.3, 0.4) is 0 Å². The molecule has 0 saturated carbocycles. The summed E-state index contributed by atoms with van der Waals surface area (Å²) in [5.41, 5.74) is 0. The molecule has 0 unspecified atom stereocenters. The third kappa shape index (κ3) is 17.7. The van der Waals surface area contributed by atoms with Gasteiger partial charge in [0.2, 0.25) is 0 Å². The third-order valence-electron chi connectivity index (χ3n) is 4.70. The van der Waals surface area contributed by atoms with Crippen LogP contribution in [0.25, 0.3) is 0 Å². The lowest BCUT2D eigenvalue weighted by Gasteiger charge is -2.03. The Balaban J connectivity index is 2.98. The van der Waals surface area contributed by atoms with Gasteiger partial charge in [0.15, 0.2) is 0 Å². The zero-order chi connectivity index (χ0) is 16.3. The largest absolute Gasteiger partial charge is 0.300 e. The fourth-order valence-corrected chi connectivity index (χ4v) is 3.05. The van der Waals surface area contributed by atoms with E-state index in [-0.39, 0.29) is 0 Å². The zero-order valence-corrected chi connectivity index (χ0v) is 15.6. The van der Waals surface area contributed by atoms with E-state index in [0.717, 1.165) is 19.3 Å². The van der Waals surface area contributed by atoms with Crippen LogP contribution in [0, 0.1) is 0 Å². The molecule has 0 spiro atoms. The second kappa shape index (κ2) is 18.7. The Labute approximate surface area is 140 Å². The van der Waals surface area contributed by atoms with E-state index < -0.39 is 0 Å². The summed E-state index contributed by atoms with van der Waals surface area (Å²) in [4.78, 5) is 11.2. The van der Waals surface area contributed by atoms with Crippen molar-refractivity contribution in [1.82, 2.24) is 0 Å². The molecule has 0 fully saturated rings. The predicted octanol–water partition coefficient (Wildman–Crippen LogP) is 7.62. The van der Waals surface area contributed by atoms with Crippen LogP contribution in [-0.2, 0) is 4.79 Å². The quantitative estimate of drug-likeness (QED) is 0.238. The van der Waals surface area contributed by atoms with Gasteiger partial charge in [0.25, 0.3) is 0 Å². The van der Waals surface area contributed by atoms with Crippen LogP contribution in [-0.4, -0.2) is 5.78 Å². The Morgan fingerprint density at radius 1 is 0.500 bits per heavy atom. The summed E-state index contributed by atoms with van der Waals surface area (Å²) in [6.45, 7) is 4.25. The molecule has 0 bridgehead atoms. The molecule has 0 rings (SSSR count). The van der Waals surface area contributed by atoms with Crippen molar-refractivity contribution in [3.05, 3.63) is 0 Å². The number of hydrogen-bond acceptors (Lipinski definition) is 1. The van der Waals surface area contributed by atoms with Crippen LogP contribution in [0.5, 0.6) is 0 Å². The fraction of sp³-hybridized carbons (Fsp3) is 0.952. The zero-order valence-electron chi connectivity index (χ0n) is 15.6. The van der Waals surface area contributed by atoms with Gasteiger partial charge in [-0.15, -0.1) is 0 Å². The lowest BCUT2D eigenvalue weighted by Crippen LogP contribution is -1.94. The number of unbranched alkanes of at least 4 members (excludes halogenated alkanes) is 15. The lowest BCUT2D eigenvalue weighted by molar-refractivity contribution is -0.118. The van der Waals surface area contributed by atoms with Crippen molar-refractivity contribution in [1.29, 1.82) is 0 Å². The SMILES string of the molecule is CCCCCCCCCCCCCCCCCCC(=O)CC. The summed E-state index contributed by atoms with van der Waals surface area (Å²) in [7, 11) is 0. The summed E-state index contributed by atoms with van der Waals surface area (Å²) in [5, 5.41) is 0. The minimum atomic E-state index is 0.436. The molecule has 0 radical (unpaired) electrons. The van der Waals surface area contributed by atoms with Gasteiger partial charge in [0.1, 0.15) is 5.78 Å². The van der Waals surface area contributed by atoms with Crippen LogP contribution < -0.4 is 0 Å². The highest BCUT2D eigenvalue weighted by atomic mass is 16.1. The van der Waals surface area contributed by atoms with Gasteiger partial charge in [-0.1, -0.05) is 110 Å². The van der Waals surface area contributed by atoms with Crippen molar-refractivity contribution in [3.63, 3.8) is 0 Å². The molecule has 0 aliphatic carbocycles. The minimum Gasteiger partial charge on any atom is -0.300 e. The first kappa shape index (κ1) is 21.7. The molecule has 0 amide bonds. The van der Waals surface area contributed by atoms with Gasteiger partial charge in [-0.3, -0.25) is 4.79 Å². The molecule has 0 N–H and O–H groups in total. The van der Waals surface area contributed by atoms with E-state index in [1.807, 2.05) is 6.92 Å². The van der Waals surface area contributed by atoms with Gasteiger partial charge in [0, 0.05) is 12.8 Å². The number of ketones is 1. The molecule has 0 aromatic rings. The number of carbonyl (C=O) groups excluding carboxylic acids is 1. The van der Waals surface area contributed by atoms with Crippen molar-refractivity contribution in [2.45, 2.75) is 129 Å². The van der Waals surface area contributed by atoms with Gasteiger partial charge in [0.05, 0.1) is 0 Å². The average molecular weight is 311 g/mol. The third-order valence-corrected chi connectivity index (χ3v) is 4.70. The summed E-state index contributed by atoms with van der Waals surface area (Å²) in [6.07, 6.45) is 23.8. The maximum atomic E-state index is 11.2. The standard InChI is InChI=1S/C21H42O/c1-3-5-6-7-8-9-10-11-12-13-14-15-16-17-18-19-20-21(22)4-2/h3-20H2,1-2H3. The van der Waals surface area contributed by atoms with Crippen LogP contribution in [0.2, 0.25) is 0 Å². The Bertz CT molecular complexity index is 222. The summed E-state index contributed by atoms with van der Waals surface area (Å²) >= 11 is 0. The Morgan fingerprint density at radius 3 is 1.14 bits per heavy atom. The highest BCUT2D eigenvalue weighted by molar-refractivity contribution is 5.77. The molecule has 132 valence electrons. The van der Waals surface area contributed by atoms with Crippen LogP contribution in [0.15, 0.2) is 0 Å². The Morgan fingerprint density at radius 2 is 0.818 bits per heavy atom. The fourth-order valence-electron chi connectivity index (χ4n) is 3.05. The van der Waals surface area contributed by atoms with Crippen LogP contribution >= 0.6 is 0 Å². The molecule has 1 nitrogen and oxygen atoms in total. The molecule has 0 aromatic carbocycles. The monoisotopic (exact) mass is 310 g/mol. The summed E-state index contributed by atoms with van der Waals surface area (Å²) in [6, 6.07) is 0. The highest BCUT2D eigenvalue weighted by Crippen LogP contribution is 2.14. The topological polar surface area (TPSA) is 17.1 Å². The van der Waals surface area contributed by atoms with Gasteiger partial charge in [-0.2, -0.15) is 0 Å². The molecule has 1 heteroatoms. The average Bonchev–Trinajstić information content (AvgIpc) is 2.54. The molecule has 0 saturated heterocycles. The summed E-state index contributed by atoms with van der Waals surface area (Å²) in [5.74, 6) is 0.436. The summed E-state index contributed by atoms with van der Waals surface area (Å²) < 4.78 is 0. The smallest absolute Gasteiger partial charge is 0.132 e.